The average Bonchev–Trinajstić information content (AvgIpc) is 3.18. The molecule has 1 unspecified atom stereocenters. The van der Waals surface area contributed by atoms with Crippen LogP contribution in [0, 0.1) is 12.8 Å². The summed E-state index contributed by atoms with van der Waals surface area (Å²) < 4.78 is 5.82. The van der Waals surface area contributed by atoms with Gasteiger partial charge in [-0.2, -0.15) is 0 Å². The lowest BCUT2D eigenvalue weighted by Gasteiger charge is -2.18. The minimum absolute atomic E-state index is 0.329. The fourth-order valence-corrected chi connectivity index (χ4v) is 2.18. The third kappa shape index (κ3) is 4.43. The highest BCUT2D eigenvalue weighted by atomic mass is 16.5. The Hall–Kier alpha value is -0.860. The molecular formula is C16H25NO. The van der Waals surface area contributed by atoms with Crippen LogP contribution in [0.5, 0.6) is 0 Å². The Bertz CT molecular complexity index is 343. The van der Waals surface area contributed by atoms with Crippen molar-refractivity contribution in [2.24, 2.45) is 5.92 Å². The van der Waals surface area contributed by atoms with Crippen LogP contribution >= 0.6 is 0 Å². The molecule has 0 radical (unpaired) electrons. The van der Waals surface area contributed by atoms with Gasteiger partial charge in [0.2, 0.25) is 0 Å². The van der Waals surface area contributed by atoms with Crippen LogP contribution in [0.3, 0.4) is 0 Å². The molecule has 100 valence electrons. The van der Waals surface area contributed by atoms with Crippen LogP contribution in [0.2, 0.25) is 0 Å². The number of hydrogen-bond acceptors (Lipinski definition) is 2. The molecule has 0 aromatic heterocycles. The Kier molecular flexibility index (Phi) is 5.21. The van der Waals surface area contributed by atoms with Crippen molar-refractivity contribution in [3.05, 3.63) is 35.4 Å². The van der Waals surface area contributed by atoms with Crippen molar-refractivity contribution in [2.45, 2.75) is 39.2 Å². The van der Waals surface area contributed by atoms with E-state index in [1.165, 1.54) is 30.4 Å². The van der Waals surface area contributed by atoms with Crippen molar-refractivity contribution < 1.29 is 4.74 Å². The van der Waals surface area contributed by atoms with Crippen LogP contribution in [0.15, 0.2) is 24.3 Å². The molecule has 0 bridgehead atoms. The Morgan fingerprint density at radius 1 is 1.28 bits per heavy atom. The first-order valence-corrected chi connectivity index (χ1v) is 7.17. The van der Waals surface area contributed by atoms with Crippen molar-refractivity contribution in [1.29, 1.82) is 0 Å². The van der Waals surface area contributed by atoms with Crippen molar-refractivity contribution in [3.63, 3.8) is 0 Å². The van der Waals surface area contributed by atoms with E-state index in [0.29, 0.717) is 6.04 Å². The van der Waals surface area contributed by atoms with Gasteiger partial charge in [0.1, 0.15) is 0 Å². The van der Waals surface area contributed by atoms with Crippen molar-refractivity contribution in [2.75, 3.05) is 19.8 Å². The molecular weight excluding hydrogens is 222 g/mol. The van der Waals surface area contributed by atoms with Gasteiger partial charge >= 0.3 is 0 Å². The van der Waals surface area contributed by atoms with E-state index in [2.05, 4.69) is 43.4 Å². The molecule has 0 spiro atoms. The Balaban J connectivity index is 1.79. The van der Waals surface area contributed by atoms with Gasteiger partial charge in [0.15, 0.2) is 0 Å². The molecule has 0 aliphatic heterocycles. The van der Waals surface area contributed by atoms with E-state index in [1.807, 2.05) is 0 Å². The van der Waals surface area contributed by atoms with E-state index in [0.717, 1.165) is 25.7 Å². The Labute approximate surface area is 111 Å². The minimum Gasteiger partial charge on any atom is -0.379 e. The van der Waals surface area contributed by atoms with E-state index in [1.54, 1.807) is 0 Å². The first kappa shape index (κ1) is 13.6. The summed E-state index contributed by atoms with van der Waals surface area (Å²) in [6.07, 6.45) is 4.07. The molecule has 18 heavy (non-hydrogen) atoms. The number of ether oxygens (including phenoxy) is 1. The summed E-state index contributed by atoms with van der Waals surface area (Å²) >= 11 is 0. The molecule has 1 atom stereocenters. The largest absolute Gasteiger partial charge is 0.379 e. The molecule has 1 aliphatic carbocycles. The number of likely N-dealkylation sites (N-methyl/N-ethyl adjacent to an activating group) is 1. The fraction of sp³-hybridized carbons (Fsp3) is 0.625. The first-order valence-electron chi connectivity index (χ1n) is 7.17. The third-order valence-corrected chi connectivity index (χ3v) is 3.58. The lowest BCUT2D eigenvalue weighted by molar-refractivity contribution is 0.107. The van der Waals surface area contributed by atoms with E-state index in [9.17, 15) is 0 Å². The fourth-order valence-electron chi connectivity index (χ4n) is 2.18. The van der Waals surface area contributed by atoms with Crippen molar-refractivity contribution >= 4 is 0 Å². The molecule has 1 aliphatic rings. The standard InChI is InChI=1S/C16H25NO/c1-3-17-16(12-18-11-10-14-6-7-14)15-8-4-13(2)5-9-15/h4-5,8-9,14,16-17H,3,6-7,10-12H2,1-2H3. The minimum atomic E-state index is 0.329. The summed E-state index contributed by atoms with van der Waals surface area (Å²) in [6.45, 7) is 6.94. The van der Waals surface area contributed by atoms with Gasteiger partial charge < -0.3 is 10.1 Å². The van der Waals surface area contributed by atoms with Gasteiger partial charge in [-0.25, -0.2) is 0 Å². The molecule has 2 rings (SSSR count). The molecule has 2 heteroatoms. The molecule has 0 saturated heterocycles. The highest BCUT2D eigenvalue weighted by Gasteiger charge is 2.20. The van der Waals surface area contributed by atoms with E-state index >= 15 is 0 Å². The van der Waals surface area contributed by atoms with Crippen LogP contribution in [0.4, 0.5) is 0 Å². The Morgan fingerprint density at radius 3 is 2.61 bits per heavy atom. The second-order valence-electron chi connectivity index (χ2n) is 5.33. The summed E-state index contributed by atoms with van der Waals surface area (Å²) in [5, 5.41) is 3.50. The van der Waals surface area contributed by atoms with Gasteiger partial charge in [0, 0.05) is 6.61 Å². The normalized spacial score (nSPS) is 16.8. The van der Waals surface area contributed by atoms with Gasteiger partial charge in [-0.05, 0) is 31.4 Å². The monoisotopic (exact) mass is 247 g/mol. The zero-order valence-electron chi connectivity index (χ0n) is 11.6. The van der Waals surface area contributed by atoms with E-state index < -0.39 is 0 Å². The highest BCUT2D eigenvalue weighted by Crippen LogP contribution is 2.32. The number of aryl methyl sites for hydroxylation is 1. The Morgan fingerprint density at radius 2 is 2.00 bits per heavy atom. The maximum atomic E-state index is 5.82. The summed E-state index contributed by atoms with van der Waals surface area (Å²) in [5.41, 5.74) is 2.64. The van der Waals surface area contributed by atoms with Crippen LogP contribution in [-0.4, -0.2) is 19.8 Å². The predicted octanol–water partition coefficient (Wildman–Crippen LogP) is 3.46. The highest BCUT2D eigenvalue weighted by molar-refractivity contribution is 5.24. The smallest absolute Gasteiger partial charge is 0.0661 e. The molecule has 1 N–H and O–H groups in total. The molecule has 1 aromatic carbocycles. The van der Waals surface area contributed by atoms with Gasteiger partial charge in [0.05, 0.1) is 12.6 Å². The summed E-state index contributed by atoms with van der Waals surface area (Å²) in [6, 6.07) is 9.07. The zero-order chi connectivity index (χ0) is 12.8. The second kappa shape index (κ2) is 6.91. The van der Waals surface area contributed by atoms with E-state index in [-0.39, 0.29) is 0 Å². The number of rotatable bonds is 8. The van der Waals surface area contributed by atoms with Crippen molar-refractivity contribution in [1.82, 2.24) is 5.32 Å². The predicted molar refractivity (Wildman–Crippen MR) is 75.8 cm³/mol. The molecule has 1 aromatic rings. The summed E-state index contributed by atoms with van der Waals surface area (Å²) in [5.74, 6) is 0.960. The number of nitrogens with one attached hydrogen (secondary N) is 1. The number of hydrogen-bond donors (Lipinski definition) is 1. The van der Waals surface area contributed by atoms with Crippen molar-refractivity contribution in [3.8, 4) is 0 Å². The molecule has 1 saturated carbocycles. The van der Waals surface area contributed by atoms with Crippen LogP contribution in [0.1, 0.15) is 43.4 Å². The van der Waals surface area contributed by atoms with Crippen LogP contribution in [0.25, 0.3) is 0 Å². The lowest BCUT2D eigenvalue weighted by atomic mass is 10.1. The van der Waals surface area contributed by atoms with Gasteiger partial charge in [0.25, 0.3) is 0 Å². The SMILES string of the molecule is CCNC(COCCC1CC1)c1ccc(C)cc1. The third-order valence-electron chi connectivity index (χ3n) is 3.58. The quantitative estimate of drug-likeness (QED) is 0.710. The maximum absolute atomic E-state index is 5.82. The first-order chi connectivity index (χ1) is 8.79. The van der Waals surface area contributed by atoms with Crippen LogP contribution < -0.4 is 5.32 Å². The van der Waals surface area contributed by atoms with Gasteiger partial charge in [-0.15, -0.1) is 0 Å². The molecule has 2 nitrogen and oxygen atoms in total. The zero-order valence-corrected chi connectivity index (χ0v) is 11.6. The van der Waals surface area contributed by atoms with Crippen LogP contribution in [-0.2, 0) is 4.74 Å². The topological polar surface area (TPSA) is 21.3 Å². The lowest BCUT2D eigenvalue weighted by Crippen LogP contribution is -2.25. The summed E-state index contributed by atoms with van der Waals surface area (Å²) in [7, 11) is 0. The molecule has 1 fully saturated rings. The number of benzene rings is 1. The summed E-state index contributed by atoms with van der Waals surface area (Å²) in [4.78, 5) is 0. The van der Waals surface area contributed by atoms with E-state index in [4.69, 9.17) is 4.74 Å². The molecule has 0 amide bonds. The second-order valence-corrected chi connectivity index (χ2v) is 5.33. The molecule has 0 heterocycles. The van der Waals surface area contributed by atoms with Gasteiger partial charge in [-0.3, -0.25) is 0 Å². The maximum Gasteiger partial charge on any atom is 0.0661 e. The average molecular weight is 247 g/mol. The van der Waals surface area contributed by atoms with Gasteiger partial charge in [-0.1, -0.05) is 49.6 Å².